The molecular weight excluding hydrogens is 401 g/mol. The molecule has 3 rings (SSSR count). The summed E-state index contributed by atoms with van der Waals surface area (Å²) in [5.41, 5.74) is 0.967. The molecule has 2 aliphatic rings. The van der Waals surface area contributed by atoms with Crippen LogP contribution in [0.2, 0.25) is 0 Å². The largest absolute Gasteiger partial charge is 0.490 e. The maximum absolute atomic E-state index is 11.7. The lowest BCUT2D eigenvalue weighted by molar-refractivity contribution is -0.192. The van der Waals surface area contributed by atoms with E-state index < -0.39 is 12.1 Å². The number of hydrogen-bond donors (Lipinski definition) is 1. The highest BCUT2D eigenvalue weighted by Gasteiger charge is 2.50. The molecule has 2 aliphatic heterocycles. The van der Waals surface area contributed by atoms with Crippen molar-refractivity contribution in [1.82, 2.24) is 9.88 Å². The summed E-state index contributed by atoms with van der Waals surface area (Å²) in [5.74, 6) is -1.67. The van der Waals surface area contributed by atoms with Gasteiger partial charge in [0.1, 0.15) is 6.61 Å². The van der Waals surface area contributed by atoms with Crippen LogP contribution >= 0.6 is 11.8 Å². The average molecular weight is 422 g/mol. The van der Waals surface area contributed by atoms with E-state index in [0.29, 0.717) is 6.61 Å². The smallest absolute Gasteiger partial charge is 0.475 e. The Morgan fingerprint density at radius 2 is 2.07 bits per heavy atom. The van der Waals surface area contributed by atoms with Gasteiger partial charge in [-0.15, -0.1) is 11.8 Å². The number of pyridine rings is 1. The third kappa shape index (κ3) is 6.35. The molecule has 2 fully saturated rings. The van der Waals surface area contributed by atoms with Crippen LogP contribution < -0.4 is 0 Å². The van der Waals surface area contributed by atoms with E-state index >= 15 is 0 Å². The minimum absolute atomic E-state index is 0.0848. The van der Waals surface area contributed by atoms with Gasteiger partial charge in [-0.1, -0.05) is 6.07 Å². The first kappa shape index (κ1) is 22.4. The van der Waals surface area contributed by atoms with Crippen molar-refractivity contribution in [3.8, 4) is 0 Å². The van der Waals surface area contributed by atoms with E-state index in [9.17, 15) is 18.0 Å². The van der Waals surface area contributed by atoms with E-state index in [-0.39, 0.29) is 23.4 Å². The Balaban J connectivity index is 0.000000345. The Bertz CT molecular complexity index is 669. The molecule has 1 spiro atoms. The molecule has 1 aromatic rings. The second-order valence-corrected chi connectivity index (χ2v) is 7.93. The number of nitrogens with zero attached hydrogens (tertiary/aromatic N) is 2. The fraction of sp³-hybridized carbons (Fsp3) is 0.588. The molecule has 0 aromatic carbocycles. The highest BCUT2D eigenvalue weighted by molar-refractivity contribution is 8.01. The number of halogens is 3. The van der Waals surface area contributed by atoms with Crippen molar-refractivity contribution in [3.05, 3.63) is 30.1 Å². The number of carbonyl (C=O) groups excluding carboxylic acids is 1. The predicted octanol–water partition coefficient (Wildman–Crippen LogP) is 1.96. The lowest BCUT2D eigenvalue weighted by Gasteiger charge is -2.47. The second-order valence-electron chi connectivity index (χ2n) is 6.44. The molecule has 156 valence electrons. The number of alkyl halides is 3. The van der Waals surface area contributed by atoms with Crippen LogP contribution in [0.3, 0.4) is 0 Å². The van der Waals surface area contributed by atoms with E-state index in [1.807, 2.05) is 34.9 Å². The van der Waals surface area contributed by atoms with Crippen LogP contribution in [0.4, 0.5) is 13.2 Å². The zero-order valence-corrected chi connectivity index (χ0v) is 16.0. The van der Waals surface area contributed by atoms with Crippen molar-refractivity contribution in [2.75, 3.05) is 32.6 Å². The molecule has 0 saturated carbocycles. The van der Waals surface area contributed by atoms with E-state index in [4.69, 9.17) is 19.4 Å². The van der Waals surface area contributed by atoms with E-state index in [1.165, 1.54) is 0 Å². The SMILES string of the molecule is COCC(=O)N1CC2(CC(OCc3ccccn3)CS2)C1.O=C(O)C(F)(F)F. The molecular formula is C17H21F3N2O5S. The van der Waals surface area contributed by atoms with Crippen LogP contribution in [0.5, 0.6) is 0 Å². The van der Waals surface area contributed by atoms with Crippen molar-refractivity contribution < 1.29 is 37.3 Å². The first-order chi connectivity index (χ1) is 13.1. The van der Waals surface area contributed by atoms with Gasteiger partial charge in [0.2, 0.25) is 5.91 Å². The number of ether oxygens (including phenoxy) is 2. The number of aromatic nitrogens is 1. The number of carbonyl (C=O) groups is 2. The molecule has 1 aromatic heterocycles. The molecule has 3 heterocycles. The molecule has 2 saturated heterocycles. The van der Waals surface area contributed by atoms with Gasteiger partial charge < -0.3 is 19.5 Å². The Morgan fingerprint density at radius 3 is 2.61 bits per heavy atom. The van der Waals surface area contributed by atoms with Gasteiger partial charge in [0.25, 0.3) is 0 Å². The molecule has 28 heavy (non-hydrogen) atoms. The molecule has 11 heteroatoms. The van der Waals surface area contributed by atoms with Crippen LogP contribution in [-0.4, -0.2) is 76.5 Å². The number of hydrogen-bond acceptors (Lipinski definition) is 6. The van der Waals surface area contributed by atoms with Crippen LogP contribution in [0.25, 0.3) is 0 Å². The van der Waals surface area contributed by atoms with Gasteiger partial charge in [-0.25, -0.2) is 4.79 Å². The molecule has 0 bridgehead atoms. The monoisotopic (exact) mass is 422 g/mol. The number of thioether (sulfide) groups is 1. The van der Waals surface area contributed by atoms with Gasteiger partial charge in [-0.3, -0.25) is 9.78 Å². The summed E-state index contributed by atoms with van der Waals surface area (Å²) in [7, 11) is 1.55. The van der Waals surface area contributed by atoms with Crippen molar-refractivity contribution >= 4 is 23.6 Å². The second kappa shape index (κ2) is 9.57. The van der Waals surface area contributed by atoms with E-state index in [1.54, 1.807) is 13.3 Å². The first-order valence-electron chi connectivity index (χ1n) is 8.37. The summed E-state index contributed by atoms with van der Waals surface area (Å²) in [4.78, 5) is 26.7. The Morgan fingerprint density at radius 1 is 1.39 bits per heavy atom. The number of carboxylic acid groups (broad SMARTS) is 1. The standard InChI is InChI=1S/C15H20N2O3S.C2HF3O2/c1-19-8-14(18)17-10-15(11-17)6-13(9-21-15)20-7-12-4-2-3-5-16-12;3-2(4,5)1(6)7/h2-5,13H,6-11H2,1H3;(H,6,7). The van der Waals surface area contributed by atoms with Gasteiger partial charge in [-0.2, -0.15) is 13.2 Å². The Hall–Kier alpha value is -1.85. The third-order valence-electron chi connectivity index (χ3n) is 4.19. The van der Waals surface area contributed by atoms with Crippen LogP contribution in [-0.2, 0) is 25.7 Å². The number of methoxy groups -OCH3 is 1. The maximum atomic E-state index is 11.7. The lowest BCUT2D eigenvalue weighted by Crippen LogP contribution is -2.61. The summed E-state index contributed by atoms with van der Waals surface area (Å²) in [5, 5.41) is 7.12. The van der Waals surface area contributed by atoms with Gasteiger partial charge in [0.15, 0.2) is 0 Å². The molecule has 1 N–H and O–H groups in total. The molecule has 1 unspecified atom stereocenters. The van der Waals surface area contributed by atoms with Crippen molar-refractivity contribution in [3.63, 3.8) is 0 Å². The normalized spacial score (nSPS) is 20.3. The lowest BCUT2D eigenvalue weighted by atomic mass is 9.93. The van der Waals surface area contributed by atoms with Gasteiger partial charge >= 0.3 is 12.1 Å². The zero-order valence-electron chi connectivity index (χ0n) is 15.1. The average Bonchev–Trinajstić information content (AvgIpc) is 3.04. The Kier molecular flexibility index (Phi) is 7.67. The highest BCUT2D eigenvalue weighted by atomic mass is 32.2. The number of rotatable bonds is 5. The topological polar surface area (TPSA) is 89.0 Å². The molecule has 1 atom stereocenters. The van der Waals surface area contributed by atoms with Crippen molar-refractivity contribution in [2.45, 2.75) is 30.1 Å². The fourth-order valence-electron chi connectivity index (χ4n) is 2.86. The summed E-state index contributed by atoms with van der Waals surface area (Å²) in [6, 6.07) is 5.86. The molecule has 1 amide bonds. The molecule has 0 radical (unpaired) electrons. The number of likely N-dealkylation sites (tertiary alicyclic amines) is 1. The summed E-state index contributed by atoms with van der Waals surface area (Å²) >= 11 is 1.93. The van der Waals surface area contributed by atoms with Crippen molar-refractivity contribution in [2.24, 2.45) is 0 Å². The number of amides is 1. The first-order valence-corrected chi connectivity index (χ1v) is 9.36. The van der Waals surface area contributed by atoms with E-state index in [2.05, 4.69) is 4.98 Å². The quantitative estimate of drug-likeness (QED) is 0.776. The zero-order chi connectivity index (χ0) is 20.8. The minimum atomic E-state index is -5.08. The third-order valence-corrected chi connectivity index (χ3v) is 5.76. The fourth-order valence-corrected chi connectivity index (χ4v) is 4.41. The van der Waals surface area contributed by atoms with Gasteiger partial charge in [0.05, 0.1) is 23.2 Å². The van der Waals surface area contributed by atoms with Crippen LogP contribution in [0, 0.1) is 0 Å². The Labute approximate surface area is 164 Å². The van der Waals surface area contributed by atoms with Crippen LogP contribution in [0.15, 0.2) is 24.4 Å². The summed E-state index contributed by atoms with van der Waals surface area (Å²) in [6.45, 7) is 2.39. The highest BCUT2D eigenvalue weighted by Crippen LogP contribution is 2.46. The number of carboxylic acids is 1. The molecule has 0 aliphatic carbocycles. The molecule has 7 nitrogen and oxygen atoms in total. The van der Waals surface area contributed by atoms with Gasteiger partial charge in [0, 0.05) is 32.1 Å². The summed E-state index contributed by atoms with van der Waals surface area (Å²) in [6.07, 6.45) is -2.02. The maximum Gasteiger partial charge on any atom is 0.490 e. The van der Waals surface area contributed by atoms with Crippen molar-refractivity contribution in [1.29, 1.82) is 0 Å². The van der Waals surface area contributed by atoms with Crippen LogP contribution in [0.1, 0.15) is 12.1 Å². The van der Waals surface area contributed by atoms with Gasteiger partial charge in [-0.05, 0) is 18.6 Å². The predicted molar refractivity (Wildman–Crippen MR) is 94.8 cm³/mol. The number of aliphatic carboxylic acids is 1. The minimum Gasteiger partial charge on any atom is -0.475 e. The van der Waals surface area contributed by atoms with E-state index in [0.717, 1.165) is 31.0 Å². The summed E-state index contributed by atoms with van der Waals surface area (Å²) < 4.78 is 42.8.